The molecule has 23 heavy (non-hydrogen) atoms. The molecule has 1 heterocycles. The van der Waals surface area contributed by atoms with Gasteiger partial charge in [-0.2, -0.15) is 0 Å². The van der Waals surface area contributed by atoms with E-state index in [2.05, 4.69) is 5.32 Å². The standard InChI is InChI=1S/C18H18N2O2S/c21-17(19-12-14-6-2-1-3-7-14)13-20-15-8-4-5-9-16(15)23-11-10-18(20)22/h1-9H,10-13H2,(H,19,21). The fraction of sp³-hybridized carbons (Fsp3) is 0.222. The van der Waals surface area contributed by atoms with Crippen molar-refractivity contribution in [3.8, 4) is 0 Å². The first-order chi connectivity index (χ1) is 11.2. The minimum Gasteiger partial charge on any atom is -0.350 e. The topological polar surface area (TPSA) is 49.4 Å². The zero-order valence-electron chi connectivity index (χ0n) is 12.7. The van der Waals surface area contributed by atoms with E-state index < -0.39 is 0 Å². The smallest absolute Gasteiger partial charge is 0.240 e. The zero-order chi connectivity index (χ0) is 16.1. The predicted octanol–water partition coefficient (Wildman–Crippen LogP) is 2.83. The van der Waals surface area contributed by atoms with Gasteiger partial charge in [0.05, 0.1) is 5.69 Å². The molecule has 0 atom stereocenters. The summed E-state index contributed by atoms with van der Waals surface area (Å²) in [6, 6.07) is 17.5. The van der Waals surface area contributed by atoms with Gasteiger partial charge >= 0.3 is 0 Å². The van der Waals surface area contributed by atoms with Gasteiger partial charge in [0.25, 0.3) is 0 Å². The van der Waals surface area contributed by atoms with Gasteiger partial charge in [0.1, 0.15) is 6.54 Å². The summed E-state index contributed by atoms with van der Waals surface area (Å²) < 4.78 is 0. The van der Waals surface area contributed by atoms with Crippen molar-refractivity contribution in [2.45, 2.75) is 17.9 Å². The number of hydrogen-bond acceptors (Lipinski definition) is 3. The molecular weight excluding hydrogens is 308 g/mol. The van der Waals surface area contributed by atoms with E-state index in [1.807, 2.05) is 54.6 Å². The van der Waals surface area contributed by atoms with Crippen LogP contribution in [0.25, 0.3) is 0 Å². The average Bonchev–Trinajstić information content (AvgIpc) is 2.74. The zero-order valence-corrected chi connectivity index (χ0v) is 13.5. The number of thioether (sulfide) groups is 1. The molecule has 3 rings (SSSR count). The maximum Gasteiger partial charge on any atom is 0.240 e. The fourth-order valence-electron chi connectivity index (χ4n) is 2.49. The summed E-state index contributed by atoms with van der Waals surface area (Å²) in [7, 11) is 0. The summed E-state index contributed by atoms with van der Waals surface area (Å²) in [5, 5.41) is 2.88. The molecule has 0 saturated carbocycles. The number of anilines is 1. The number of rotatable bonds is 4. The minimum absolute atomic E-state index is 0.00249. The van der Waals surface area contributed by atoms with Crippen LogP contribution in [-0.2, 0) is 16.1 Å². The van der Waals surface area contributed by atoms with Crippen molar-refractivity contribution in [1.29, 1.82) is 0 Å². The molecule has 0 fully saturated rings. The third kappa shape index (κ3) is 3.93. The van der Waals surface area contributed by atoms with Crippen LogP contribution in [-0.4, -0.2) is 24.1 Å². The Morgan fingerprint density at radius 3 is 2.65 bits per heavy atom. The number of benzene rings is 2. The first kappa shape index (κ1) is 15.6. The van der Waals surface area contributed by atoms with Crippen LogP contribution in [0.4, 0.5) is 5.69 Å². The number of fused-ring (bicyclic) bond motifs is 1. The van der Waals surface area contributed by atoms with Gasteiger partial charge in [-0.15, -0.1) is 11.8 Å². The summed E-state index contributed by atoms with van der Waals surface area (Å²) in [6.07, 6.45) is 0.450. The molecule has 0 bridgehead atoms. The molecule has 2 amide bonds. The minimum atomic E-state index is -0.149. The van der Waals surface area contributed by atoms with Crippen LogP contribution in [0.5, 0.6) is 0 Å². The normalized spacial score (nSPS) is 14.1. The molecule has 0 radical (unpaired) electrons. The Morgan fingerprint density at radius 1 is 1.09 bits per heavy atom. The van der Waals surface area contributed by atoms with Crippen molar-refractivity contribution in [3.63, 3.8) is 0 Å². The van der Waals surface area contributed by atoms with E-state index in [1.54, 1.807) is 16.7 Å². The van der Waals surface area contributed by atoms with E-state index in [1.165, 1.54) is 0 Å². The lowest BCUT2D eigenvalue weighted by molar-refractivity contribution is -0.123. The molecule has 2 aromatic carbocycles. The molecule has 1 N–H and O–H groups in total. The van der Waals surface area contributed by atoms with Crippen molar-refractivity contribution in [2.24, 2.45) is 0 Å². The molecule has 0 unspecified atom stereocenters. The molecule has 1 aliphatic rings. The molecule has 1 aliphatic heterocycles. The molecule has 0 spiro atoms. The number of nitrogens with zero attached hydrogens (tertiary/aromatic N) is 1. The summed E-state index contributed by atoms with van der Waals surface area (Å²) in [6.45, 7) is 0.529. The van der Waals surface area contributed by atoms with E-state index in [4.69, 9.17) is 0 Å². The van der Waals surface area contributed by atoms with Gasteiger partial charge in [0.15, 0.2) is 0 Å². The molecule has 118 valence electrons. The van der Waals surface area contributed by atoms with Crippen LogP contribution in [0.15, 0.2) is 59.5 Å². The monoisotopic (exact) mass is 326 g/mol. The Labute approximate surface area is 139 Å². The van der Waals surface area contributed by atoms with Gasteiger partial charge in [-0.1, -0.05) is 42.5 Å². The molecule has 0 aliphatic carbocycles. The highest BCUT2D eigenvalue weighted by Crippen LogP contribution is 2.33. The summed E-state index contributed by atoms with van der Waals surface area (Å²) in [5.74, 6) is 0.596. The number of carbonyl (C=O) groups is 2. The van der Waals surface area contributed by atoms with Crippen LogP contribution < -0.4 is 10.2 Å². The van der Waals surface area contributed by atoms with Crippen molar-refractivity contribution < 1.29 is 9.59 Å². The van der Waals surface area contributed by atoms with Crippen LogP contribution in [0.3, 0.4) is 0 Å². The molecule has 5 heteroatoms. The van der Waals surface area contributed by atoms with E-state index in [0.29, 0.717) is 13.0 Å². The van der Waals surface area contributed by atoms with E-state index in [-0.39, 0.29) is 18.4 Å². The van der Waals surface area contributed by atoms with Crippen LogP contribution in [0, 0.1) is 0 Å². The molecule has 2 aromatic rings. The highest BCUT2D eigenvalue weighted by atomic mass is 32.2. The van der Waals surface area contributed by atoms with Crippen molar-refractivity contribution >= 4 is 29.3 Å². The highest BCUT2D eigenvalue weighted by molar-refractivity contribution is 7.99. The third-order valence-corrected chi connectivity index (χ3v) is 4.73. The van der Waals surface area contributed by atoms with Crippen LogP contribution in [0.2, 0.25) is 0 Å². The van der Waals surface area contributed by atoms with Crippen molar-refractivity contribution in [1.82, 2.24) is 5.32 Å². The maximum atomic E-state index is 12.3. The summed E-state index contributed by atoms with van der Waals surface area (Å²) in [4.78, 5) is 27.2. The number of nitrogens with one attached hydrogen (secondary N) is 1. The van der Waals surface area contributed by atoms with Crippen LogP contribution >= 0.6 is 11.8 Å². The molecule has 0 aromatic heterocycles. The second-order valence-electron chi connectivity index (χ2n) is 5.31. The van der Waals surface area contributed by atoms with Gasteiger partial charge in [0.2, 0.25) is 11.8 Å². The number of amides is 2. The third-order valence-electron chi connectivity index (χ3n) is 3.66. The quantitative estimate of drug-likeness (QED) is 0.940. The summed E-state index contributed by atoms with van der Waals surface area (Å²) in [5.41, 5.74) is 1.87. The number of hydrogen-bond donors (Lipinski definition) is 1. The van der Waals surface area contributed by atoms with Gasteiger partial charge in [-0.25, -0.2) is 0 Å². The van der Waals surface area contributed by atoms with E-state index in [0.717, 1.165) is 21.9 Å². The Balaban J connectivity index is 1.68. The lowest BCUT2D eigenvalue weighted by atomic mass is 10.2. The maximum absolute atomic E-state index is 12.3. The lowest BCUT2D eigenvalue weighted by Gasteiger charge is -2.22. The Kier molecular flexibility index (Phi) is 4.98. The second-order valence-corrected chi connectivity index (χ2v) is 6.45. The Bertz CT molecular complexity index is 703. The number of carbonyl (C=O) groups excluding carboxylic acids is 2. The van der Waals surface area contributed by atoms with Gasteiger partial charge in [-0.3, -0.25) is 9.59 Å². The Hall–Kier alpha value is -2.27. The van der Waals surface area contributed by atoms with Crippen molar-refractivity contribution in [2.75, 3.05) is 17.2 Å². The largest absolute Gasteiger partial charge is 0.350 e. The van der Waals surface area contributed by atoms with E-state index >= 15 is 0 Å². The fourth-order valence-corrected chi connectivity index (χ4v) is 3.49. The first-order valence-electron chi connectivity index (χ1n) is 7.57. The lowest BCUT2D eigenvalue weighted by Crippen LogP contribution is -2.40. The van der Waals surface area contributed by atoms with Gasteiger partial charge in [-0.05, 0) is 17.7 Å². The molecule has 0 saturated heterocycles. The van der Waals surface area contributed by atoms with Crippen molar-refractivity contribution in [3.05, 3.63) is 60.2 Å². The van der Waals surface area contributed by atoms with Gasteiger partial charge in [0, 0.05) is 23.6 Å². The molecular formula is C18H18N2O2S. The SMILES string of the molecule is O=C(CN1C(=O)CCSc2ccccc21)NCc1ccccc1. The second kappa shape index (κ2) is 7.33. The highest BCUT2D eigenvalue weighted by Gasteiger charge is 2.24. The number of para-hydroxylation sites is 1. The van der Waals surface area contributed by atoms with Gasteiger partial charge < -0.3 is 10.2 Å². The summed E-state index contributed by atoms with van der Waals surface area (Å²) >= 11 is 1.66. The van der Waals surface area contributed by atoms with Crippen LogP contribution in [0.1, 0.15) is 12.0 Å². The first-order valence-corrected chi connectivity index (χ1v) is 8.55. The predicted molar refractivity (Wildman–Crippen MR) is 92.4 cm³/mol. The van der Waals surface area contributed by atoms with E-state index in [9.17, 15) is 9.59 Å². The Morgan fingerprint density at radius 2 is 1.83 bits per heavy atom. The molecule has 4 nitrogen and oxygen atoms in total. The average molecular weight is 326 g/mol.